The minimum absolute atomic E-state index is 0.00709. The van der Waals surface area contributed by atoms with Crippen LogP contribution in [-0.2, 0) is 16.0 Å². The number of fused-ring (bicyclic) bond motifs is 1. The largest absolute Gasteiger partial charge is 0.321 e. The van der Waals surface area contributed by atoms with Crippen LogP contribution in [0.3, 0.4) is 0 Å². The molecule has 2 heterocycles. The highest BCUT2D eigenvalue weighted by Gasteiger charge is 2.30. The van der Waals surface area contributed by atoms with Gasteiger partial charge in [0.15, 0.2) is 0 Å². The van der Waals surface area contributed by atoms with E-state index in [-0.39, 0.29) is 24.4 Å². The van der Waals surface area contributed by atoms with Crippen molar-refractivity contribution in [3.8, 4) is 0 Å². The van der Waals surface area contributed by atoms with Gasteiger partial charge in [0.2, 0.25) is 11.8 Å². The Balaban J connectivity index is 1.40. The molecular weight excluding hydrogens is 362 g/mol. The molecule has 4 rings (SSSR count). The van der Waals surface area contributed by atoms with Crippen molar-refractivity contribution in [3.05, 3.63) is 64.7 Å². The third kappa shape index (κ3) is 3.84. The van der Waals surface area contributed by atoms with Gasteiger partial charge in [0.25, 0.3) is 0 Å². The van der Waals surface area contributed by atoms with Crippen LogP contribution in [0.2, 0.25) is 5.02 Å². The Morgan fingerprint density at radius 3 is 2.70 bits per heavy atom. The van der Waals surface area contributed by atoms with Gasteiger partial charge in [-0.3, -0.25) is 14.9 Å². The van der Waals surface area contributed by atoms with Crippen molar-refractivity contribution in [1.82, 2.24) is 10.2 Å². The Bertz CT molecular complexity index is 853. The summed E-state index contributed by atoms with van der Waals surface area (Å²) in [6, 6.07) is 15.5. The number of carbonyl (C=O) groups is 2. The second-order valence-corrected chi connectivity index (χ2v) is 7.48. The number of anilines is 1. The second-order valence-electron chi connectivity index (χ2n) is 7.04. The molecule has 0 aliphatic carbocycles. The Labute approximate surface area is 163 Å². The maximum atomic E-state index is 12.9. The molecule has 2 aliphatic heterocycles. The highest BCUT2D eigenvalue weighted by Crippen LogP contribution is 2.27. The number of rotatable bonds is 3. The van der Waals surface area contributed by atoms with Gasteiger partial charge in [-0.15, -0.1) is 0 Å². The molecule has 0 spiro atoms. The van der Waals surface area contributed by atoms with Gasteiger partial charge in [-0.25, -0.2) is 0 Å². The fourth-order valence-corrected chi connectivity index (χ4v) is 3.93. The van der Waals surface area contributed by atoms with Crippen LogP contribution in [0.4, 0.5) is 5.69 Å². The summed E-state index contributed by atoms with van der Waals surface area (Å²) in [4.78, 5) is 28.9. The van der Waals surface area contributed by atoms with Crippen LogP contribution in [0, 0.1) is 0 Å². The van der Waals surface area contributed by atoms with Crippen molar-refractivity contribution in [2.45, 2.75) is 25.3 Å². The van der Waals surface area contributed by atoms with Gasteiger partial charge in [-0.1, -0.05) is 41.9 Å². The SMILES string of the molecule is O=C1CC(c2ccc(Cl)cc2)NCN1CC(=O)N1CCCc2ccccc21. The number of hydrogen-bond donors (Lipinski definition) is 1. The van der Waals surface area contributed by atoms with Crippen molar-refractivity contribution in [2.75, 3.05) is 24.7 Å². The van der Waals surface area contributed by atoms with Crippen molar-refractivity contribution in [3.63, 3.8) is 0 Å². The first kappa shape index (κ1) is 18.0. The standard InChI is InChI=1S/C21H22ClN3O2/c22-17-9-7-15(8-10-17)18-12-20(26)24(14-23-18)13-21(27)25-11-3-5-16-4-1-2-6-19(16)25/h1-2,4,6-10,18,23H,3,5,11-14H2. The highest BCUT2D eigenvalue weighted by atomic mass is 35.5. The summed E-state index contributed by atoms with van der Waals surface area (Å²) in [5.74, 6) is -0.0328. The van der Waals surface area contributed by atoms with Crippen LogP contribution in [-0.4, -0.2) is 36.5 Å². The number of aryl methyl sites for hydroxylation is 1. The van der Waals surface area contributed by atoms with E-state index in [2.05, 4.69) is 11.4 Å². The molecule has 1 unspecified atom stereocenters. The maximum Gasteiger partial charge on any atom is 0.246 e. The monoisotopic (exact) mass is 383 g/mol. The summed E-state index contributed by atoms with van der Waals surface area (Å²) >= 11 is 5.93. The van der Waals surface area contributed by atoms with Crippen molar-refractivity contribution in [1.29, 1.82) is 0 Å². The Hall–Kier alpha value is -2.37. The molecule has 0 aromatic heterocycles. The Morgan fingerprint density at radius 1 is 1.15 bits per heavy atom. The number of nitrogens with one attached hydrogen (secondary N) is 1. The average Bonchev–Trinajstić information content (AvgIpc) is 2.69. The van der Waals surface area contributed by atoms with Crippen LogP contribution in [0.5, 0.6) is 0 Å². The zero-order valence-corrected chi connectivity index (χ0v) is 15.8. The number of para-hydroxylation sites is 1. The van der Waals surface area contributed by atoms with Crippen molar-refractivity contribution in [2.24, 2.45) is 0 Å². The molecule has 0 radical (unpaired) electrons. The van der Waals surface area contributed by atoms with Gasteiger partial charge in [0.05, 0.1) is 6.67 Å². The molecule has 5 nitrogen and oxygen atoms in total. The fraction of sp³-hybridized carbons (Fsp3) is 0.333. The average molecular weight is 384 g/mol. The molecule has 1 atom stereocenters. The molecule has 2 aliphatic rings. The van der Waals surface area contributed by atoms with Crippen LogP contribution < -0.4 is 10.2 Å². The lowest BCUT2D eigenvalue weighted by atomic mass is 10.0. The fourth-order valence-electron chi connectivity index (χ4n) is 3.80. The van der Waals surface area contributed by atoms with Crippen molar-refractivity contribution >= 4 is 29.1 Å². The number of carbonyl (C=O) groups excluding carboxylic acids is 2. The van der Waals surface area contributed by atoms with Crippen LogP contribution in [0.25, 0.3) is 0 Å². The lowest BCUT2D eigenvalue weighted by Crippen LogP contribution is -2.51. The number of nitrogens with zero attached hydrogens (tertiary/aromatic N) is 2. The molecule has 0 saturated carbocycles. The smallest absolute Gasteiger partial charge is 0.246 e. The van der Waals surface area contributed by atoms with Crippen LogP contribution in [0.15, 0.2) is 48.5 Å². The molecule has 2 amide bonds. The van der Waals surface area contributed by atoms with E-state index in [9.17, 15) is 9.59 Å². The van der Waals surface area contributed by atoms with Gasteiger partial charge in [0, 0.05) is 29.7 Å². The molecule has 27 heavy (non-hydrogen) atoms. The van der Waals surface area contributed by atoms with Crippen LogP contribution in [0.1, 0.15) is 30.0 Å². The van der Waals surface area contributed by atoms with E-state index >= 15 is 0 Å². The number of hydrogen-bond acceptors (Lipinski definition) is 3. The van der Waals surface area contributed by atoms with E-state index < -0.39 is 0 Å². The molecule has 6 heteroatoms. The minimum atomic E-state index is -0.0446. The van der Waals surface area contributed by atoms with E-state index in [1.165, 1.54) is 5.56 Å². The Morgan fingerprint density at radius 2 is 1.93 bits per heavy atom. The van der Waals surface area contributed by atoms with E-state index in [0.717, 1.165) is 24.1 Å². The van der Waals surface area contributed by atoms with Gasteiger partial charge < -0.3 is 9.80 Å². The minimum Gasteiger partial charge on any atom is -0.321 e. The first-order valence-electron chi connectivity index (χ1n) is 9.27. The zero-order valence-electron chi connectivity index (χ0n) is 15.0. The molecule has 140 valence electrons. The predicted octanol–water partition coefficient (Wildman–Crippen LogP) is 3.14. The van der Waals surface area contributed by atoms with E-state index in [1.54, 1.807) is 4.90 Å². The second kappa shape index (κ2) is 7.71. The third-order valence-electron chi connectivity index (χ3n) is 5.27. The third-order valence-corrected chi connectivity index (χ3v) is 5.52. The summed E-state index contributed by atoms with van der Waals surface area (Å²) in [5.41, 5.74) is 3.21. The first-order valence-corrected chi connectivity index (χ1v) is 9.64. The summed E-state index contributed by atoms with van der Waals surface area (Å²) in [6.45, 7) is 1.18. The van der Waals surface area contributed by atoms with Gasteiger partial charge >= 0.3 is 0 Å². The van der Waals surface area contributed by atoms with Crippen LogP contribution >= 0.6 is 11.6 Å². The highest BCUT2D eigenvalue weighted by molar-refractivity contribution is 6.30. The lowest BCUT2D eigenvalue weighted by molar-refractivity contribution is -0.138. The zero-order chi connectivity index (χ0) is 18.8. The molecule has 2 aromatic rings. The molecule has 0 bridgehead atoms. The number of amides is 2. The summed E-state index contributed by atoms with van der Waals surface area (Å²) < 4.78 is 0. The first-order chi connectivity index (χ1) is 13.1. The van der Waals surface area contributed by atoms with E-state index in [0.29, 0.717) is 24.7 Å². The normalized spacial score (nSPS) is 19.7. The number of halogens is 1. The quantitative estimate of drug-likeness (QED) is 0.885. The van der Waals surface area contributed by atoms with Gasteiger partial charge in [-0.05, 0) is 42.2 Å². The maximum absolute atomic E-state index is 12.9. The molecule has 1 fully saturated rings. The number of benzene rings is 2. The van der Waals surface area contributed by atoms with Gasteiger partial charge in [0.1, 0.15) is 6.54 Å². The lowest BCUT2D eigenvalue weighted by Gasteiger charge is -2.35. The summed E-state index contributed by atoms with van der Waals surface area (Å²) in [7, 11) is 0. The summed E-state index contributed by atoms with van der Waals surface area (Å²) in [5, 5.41) is 4.03. The molecule has 1 saturated heterocycles. The van der Waals surface area contributed by atoms with Crippen molar-refractivity contribution < 1.29 is 9.59 Å². The van der Waals surface area contributed by atoms with E-state index in [1.807, 2.05) is 47.4 Å². The predicted molar refractivity (Wildman–Crippen MR) is 106 cm³/mol. The molecule has 1 N–H and O–H groups in total. The van der Waals surface area contributed by atoms with Gasteiger partial charge in [-0.2, -0.15) is 0 Å². The molecular formula is C21H22ClN3O2. The van der Waals surface area contributed by atoms with E-state index in [4.69, 9.17) is 11.6 Å². The topological polar surface area (TPSA) is 52.7 Å². The summed E-state index contributed by atoms with van der Waals surface area (Å²) in [6.07, 6.45) is 2.28. The Kier molecular flexibility index (Phi) is 5.14. The molecule has 2 aromatic carbocycles.